The molecule has 0 aromatic carbocycles. The monoisotopic (exact) mass is 269 g/mol. The molecule has 0 unspecified atom stereocenters. The molecule has 3 rings (SSSR count). The average molecular weight is 269 g/mol. The largest absolute Gasteiger partial charge is 0.340 e. The highest BCUT2D eigenvalue weighted by atomic mass is 32.1. The van der Waals surface area contributed by atoms with E-state index in [0.29, 0.717) is 0 Å². The van der Waals surface area contributed by atoms with Crippen LogP contribution < -0.4 is 4.90 Å². The molecule has 3 nitrogen and oxygen atoms in total. The van der Waals surface area contributed by atoms with Crippen LogP contribution in [0.25, 0.3) is 10.2 Å². The van der Waals surface area contributed by atoms with Gasteiger partial charge in [-0.25, -0.2) is 4.98 Å². The van der Waals surface area contributed by atoms with E-state index < -0.39 is 0 Å². The van der Waals surface area contributed by atoms with E-state index in [0.717, 1.165) is 17.8 Å². The van der Waals surface area contributed by atoms with Gasteiger partial charge in [-0.2, -0.15) is 0 Å². The summed E-state index contributed by atoms with van der Waals surface area (Å²) in [5.74, 6) is 0. The quantitative estimate of drug-likeness (QED) is 0.709. The summed E-state index contributed by atoms with van der Waals surface area (Å²) >= 11 is 1.69. The molecule has 0 aliphatic carbocycles. The van der Waals surface area contributed by atoms with Crippen LogP contribution in [0.1, 0.15) is 13.3 Å². The number of aromatic nitrogens is 2. The van der Waals surface area contributed by atoms with Crippen molar-refractivity contribution in [2.75, 3.05) is 11.4 Å². The Morgan fingerprint density at radius 1 is 1.16 bits per heavy atom. The fourth-order valence-electron chi connectivity index (χ4n) is 2.20. The summed E-state index contributed by atoms with van der Waals surface area (Å²) in [5, 5.41) is 3.41. The van der Waals surface area contributed by atoms with Crippen LogP contribution in [0, 0.1) is 0 Å². The molecule has 0 N–H and O–H groups in total. The topological polar surface area (TPSA) is 29.0 Å². The zero-order chi connectivity index (χ0) is 13.1. The molecule has 3 heterocycles. The summed E-state index contributed by atoms with van der Waals surface area (Å²) in [6.45, 7) is 3.19. The molecule has 19 heavy (non-hydrogen) atoms. The van der Waals surface area contributed by atoms with Gasteiger partial charge >= 0.3 is 0 Å². The molecule has 3 aromatic rings. The van der Waals surface area contributed by atoms with Crippen LogP contribution >= 0.6 is 11.3 Å². The number of hydrogen-bond acceptors (Lipinski definition) is 4. The van der Waals surface area contributed by atoms with Gasteiger partial charge in [0, 0.05) is 41.6 Å². The molecule has 0 spiro atoms. The standard InChI is InChI=1S/C15H15N3S/c1-2-10-18(12-5-8-16-9-6-12)14-11-19-15-13(14)4-3-7-17-15/h3-9,11H,2,10H2,1H3. The first kappa shape index (κ1) is 12.1. The van der Waals surface area contributed by atoms with Crippen molar-refractivity contribution in [3.8, 4) is 0 Å². The van der Waals surface area contributed by atoms with Crippen LogP contribution in [0.5, 0.6) is 0 Å². The Kier molecular flexibility index (Phi) is 3.42. The van der Waals surface area contributed by atoms with E-state index in [9.17, 15) is 0 Å². The molecule has 0 saturated heterocycles. The van der Waals surface area contributed by atoms with Crippen LogP contribution in [0.2, 0.25) is 0 Å². The van der Waals surface area contributed by atoms with Gasteiger partial charge in [0.15, 0.2) is 0 Å². The predicted molar refractivity (Wildman–Crippen MR) is 81.2 cm³/mol. The minimum atomic E-state index is 0.991. The Hall–Kier alpha value is -1.94. The molecule has 0 radical (unpaired) electrons. The smallest absolute Gasteiger partial charge is 0.125 e. The lowest BCUT2D eigenvalue weighted by Crippen LogP contribution is -2.17. The lowest BCUT2D eigenvalue weighted by atomic mass is 10.2. The summed E-state index contributed by atoms with van der Waals surface area (Å²) in [6.07, 6.45) is 6.62. The molecule has 0 amide bonds. The van der Waals surface area contributed by atoms with E-state index in [1.807, 2.05) is 24.7 Å². The minimum Gasteiger partial charge on any atom is -0.340 e. The second-order valence-corrected chi connectivity index (χ2v) is 5.19. The van der Waals surface area contributed by atoms with Gasteiger partial charge in [-0.3, -0.25) is 4.98 Å². The normalized spacial score (nSPS) is 10.8. The molecule has 3 aromatic heterocycles. The van der Waals surface area contributed by atoms with Gasteiger partial charge in [0.2, 0.25) is 0 Å². The number of rotatable bonds is 4. The minimum absolute atomic E-state index is 0.991. The van der Waals surface area contributed by atoms with Gasteiger partial charge < -0.3 is 4.90 Å². The Balaban J connectivity index is 2.10. The van der Waals surface area contributed by atoms with Crippen molar-refractivity contribution < 1.29 is 0 Å². The Labute approximate surface area is 116 Å². The summed E-state index contributed by atoms with van der Waals surface area (Å²) in [4.78, 5) is 11.9. The van der Waals surface area contributed by atoms with Crippen molar-refractivity contribution in [2.45, 2.75) is 13.3 Å². The molecule has 4 heteroatoms. The van der Waals surface area contributed by atoms with E-state index >= 15 is 0 Å². The molecular formula is C15H15N3S. The number of nitrogens with zero attached hydrogens (tertiary/aromatic N) is 3. The molecule has 0 atom stereocenters. The van der Waals surface area contributed by atoms with Crippen molar-refractivity contribution >= 4 is 32.9 Å². The summed E-state index contributed by atoms with van der Waals surface area (Å²) in [7, 11) is 0. The number of pyridine rings is 2. The van der Waals surface area contributed by atoms with Gasteiger partial charge in [-0.05, 0) is 30.7 Å². The fourth-order valence-corrected chi connectivity index (χ4v) is 3.10. The van der Waals surface area contributed by atoms with Crippen molar-refractivity contribution in [2.24, 2.45) is 0 Å². The van der Waals surface area contributed by atoms with Crippen LogP contribution in [0.4, 0.5) is 11.4 Å². The van der Waals surface area contributed by atoms with Crippen LogP contribution in [-0.2, 0) is 0 Å². The molecule has 0 saturated carbocycles. The third kappa shape index (κ3) is 2.31. The maximum Gasteiger partial charge on any atom is 0.125 e. The van der Waals surface area contributed by atoms with E-state index in [4.69, 9.17) is 0 Å². The molecule has 0 fully saturated rings. The highest BCUT2D eigenvalue weighted by molar-refractivity contribution is 7.17. The van der Waals surface area contributed by atoms with Gasteiger partial charge in [0.1, 0.15) is 4.83 Å². The maximum absolute atomic E-state index is 4.42. The molecule has 0 aliphatic heterocycles. The van der Waals surface area contributed by atoms with E-state index in [1.54, 1.807) is 11.3 Å². The van der Waals surface area contributed by atoms with Gasteiger partial charge in [0.05, 0.1) is 5.69 Å². The number of thiophene rings is 1. The van der Waals surface area contributed by atoms with Crippen molar-refractivity contribution in [1.29, 1.82) is 0 Å². The van der Waals surface area contributed by atoms with Crippen LogP contribution in [0.15, 0.2) is 48.2 Å². The summed E-state index contributed by atoms with van der Waals surface area (Å²) < 4.78 is 0. The second-order valence-electron chi connectivity index (χ2n) is 4.33. The van der Waals surface area contributed by atoms with Crippen molar-refractivity contribution in [1.82, 2.24) is 9.97 Å². The number of anilines is 2. The summed E-state index contributed by atoms with van der Waals surface area (Å²) in [6, 6.07) is 8.23. The van der Waals surface area contributed by atoms with Crippen LogP contribution in [0.3, 0.4) is 0 Å². The lowest BCUT2D eigenvalue weighted by Gasteiger charge is -2.23. The van der Waals surface area contributed by atoms with E-state index in [-0.39, 0.29) is 0 Å². The highest BCUT2D eigenvalue weighted by Crippen LogP contribution is 2.35. The maximum atomic E-state index is 4.42. The third-order valence-electron chi connectivity index (χ3n) is 3.04. The van der Waals surface area contributed by atoms with Gasteiger partial charge in [-0.15, -0.1) is 11.3 Å². The van der Waals surface area contributed by atoms with Crippen molar-refractivity contribution in [3.63, 3.8) is 0 Å². The van der Waals surface area contributed by atoms with Gasteiger partial charge in [0.25, 0.3) is 0 Å². The SMILES string of the molecule is CCCN(c1ccncc1)c1csc2ncccc12. The molecule has 0 aliphatic rings. The fraction of sp³-hybridized carbons (Fsp3) is 0.200. The number of hydrogen-bond donors (Lipinski definition) is 0. The first-order valence-electron chi connectivity index (χ1n) is 6.40. The van der Waals surface area contributed by atoms with Gasteiger partial charge in [-0.1, -0.05) is 6.92 Å². The summed E-state index contributed by atoms with van der Waals surface area (Å²) in [5.41, 5.74) is 2.42. The van der Waals surface area contributed by atoms with E-state index in [1.165, 1.54) is 16.8 Å². The highest BCUT2D eigenvalue weighted by Gasteiger charge is 2.13. The average Bonchev–Trinajstić information content (AvgIpc) is 2.89. The zero-order valence-electron chi connectivity index (χ0n) is 10.8. The molecule has 0 bridgehead atoms. The van der Waals surface area contributed by atoms with Crippen LogP contribution in [-0.4, -0.2) is 16.5 Å². The Bertz CT molecular complexity index is 663. The zero-order valence-corrected chi connectivity index (χ0v) is 11.6. The molecule has 96 valence electrons. The second kappa shape index (κ2) is 5.36. The van der Waals surface area contributed by atoms with E-state index in [2.05, 4.69) is 45.4 Å². The number of fused-ring (bicyclic) bond motifs is 1. The lowest BCUT2D eigenvalue weighted by molar-refractivity contribution is 0.888. The predicted octanol–water partition coefficient (Wildman–Crippen LogP) is 4.24. The molecular weight excluding hydrogens is 254 g/mol. The van der Waals surface area contributed by atoms with Crippen molar-refractivity contribution in [3.05, 3.63) is 48.2 Å². The Morgan fingerprint density at radius 2 is 2.00 bits per heavy atom. The first-order valence-corrected chi connectivity index (χ1v) is 7.28. The first-order chi connectivity index (χ1) is 9.40. The third-order valence-corrected chi connectivity index (χ3v) is 3.93. The Morgan fingerprint density at radius 3 is 2.79 bits per heavy atom.